The average molecular weight is 388 g/mol. The van der Waals surface area contributed by atoms with E-state index in [1.165, 1.54) is 22.5 Å². The first-order valence-electron chi connectivity index (χ1n) is 8.09. The van der Waals surface area contributed by atoms with E-state index in [1.807, 2.05) is 6.07 Å². The number of nitro benzene ring substituents is 1. The van der Waals surface area contributed by atoms with E-state index in [2.05, 4.69) is 5.32 Å². The number of nitriles is 1. The number of piperazine rings is 1. The van der Waals surface area contributed by atoms with Crippen LogP contribution < -0.4 is 10.1 Å². The summed E-state index contributed by atoms with van der Waals surface area (Å²) in [5.41, 5.74) is 0.00255. The summed E-state index contributed by atoms with van der Waals surface area (Å²) in [6.45, 7) is 1.51. The highest BCUT2D eigenvalue weighted by Crippen LogP contribution is 2.34. The molecule has 0 aromatic heterocycles. The number of nitrogens with one attached hydrogen (secondary N) is 1. The Labute approximate surface area is 156 Å². The summed E-state index contributed by atoms with van der Waals surface area (Å²) in [5.74, 6) is 0.230. The third-order valence-corrected chi connectivity index (χ3v) is 5.94. The van der Waals surface area contributed by atoms with Gasteiger partial charge >= 0.3 is 0 Å². The lowest BCUT2D eigenvalue weighted by atomic mass is 10.2. The first kappa shape index (κ1) is 18.8. The van der Waals surface area contributed by atoms with E-state index in [0.717, 1.165) is 6.07 Å². The smallest absolute Gasteiger partial charge is 0.271 e. The molecule has 0 saturated carbocycles. The van der Waals surface area contributed by atoms with Crippen LogP contribution in [-0.4, -0.2) is 43.8 Å². The molecule has 2 aromatic rings. The highest BCUT2D eigenvalue weighted by atomic mass is 32.2. The molecule has 9 nitrogen and oxygen atoms in total. The second-order valence-electron chi connectivity index (χ2n) is 5.78. The number of rotatable bonds is 5. The van der Waals surface area contributed by atoms with Crippen molar-refractivity contribution in [2.75, 3.05) is 26.2 Å². The Morgan fingerprint density at radius 1 is 1.19 bits per heavy atom. The second kappa shape index (κ2) is 7.71. The Bertz CT molecular complexity index is 1010. The van der Waals surface area contributed by atoms with Crippen molar-refractivity contribution >= 4 is 15.7 Å². The van der Waals surface area contributed by atoms with Crippen LogP contribution >= 0.6 is 0 Å². The largest absolute Gasteiger partial charge is 0.456 e. The van der Waals surface area contributed by atoms with Crippen LogP contribution in [0.25, 0.3) is 0 Å². The van der Waals surface area contributed by atoms with Gasteiger partial charge in [-0.2, -0.15) is 9.57 Å². The fourth-order valence-electron chi connectivity index (χ4n) is 2.68. The molecule has 1 fully saturated rings. The maximum atomic E-state index is 13.0. The minimum absolute atomic E-state index is 0.0331. The molecule has 1 saturated heterocycles. The summed E-state index contributed by atoms with van der Waals surface area (Å²) >= 11 is 0. The van der Waals surface area contributed by atoms with Crippen LogP contribution in [0.4, 0.5) is 5.69 Å². The summed E-state index contributed by atoms with van der Waals surface area (Å²) in [6, 6.07) is 11.6. The molecule has 10 heteroatoms. The van der Waals surface area contributed by atoms with E-state index >= 15 is 0 Å². The number of nitrogens with zero attached hydrogens (tertiary/aromatic N) is 3. The van der Waals surface area contributed by atoms with Gasteiger partial charge < -0.3 is 10.1 Å². The van der Waals surface area contributed by atoms with Gasteiger partial charge in [-0.25, -0.2) is 8.42 Å². The fraction of sp³-hybridized carbons (Fsp3) is 0.235. The maximum Gasteiger partial charge on any atom is 0.271 e. The number of nitro groups is 1. The molecule has 140 valence electrons. The summed E-state index contributed by atoms with van der Waals surface area (Å²) in [7, 11) is -3.99. The van der Waals surface area contributed by atoms with Crippen molar-refractivity contribution in [2.24, 2.45) is 0 Å². The molecular weight excluding hydrogens is 372 g/mol. The third-order valence-electron chi connectivity index (χ3n) is 4.02. The van der Waals surface area contributed by atoms with Crippen molar-refractivity contribution in [1.29, 1.82) is 5.26 Å². The molecular formula is C17H16N4O5S. The maximum absolute atomic E-state index is 13.0. The van der Waals surface area contributed by atoms with Crippen LogP contribution in [0.2, 0.25) is 0 Å². The van der Waals surface area contributed by atoms with Crippen molar-refractivity contribution in [3.05, 3.63) is 58.1 Å². The zero-order valence-corrected chi connectivity index (χ0v) is 15.0. The quantitative estimate of drug-likeness (QED) is 0.612. The molecule has 0 amide bonds. The van der Waals surface area contributed by atoms with Gasteiger partial charge in [0.05, 0.1) is 16.6 Å². The molecule has 27 heavy (non-hydrogen) atoms. The summed E-state index contributed by atoms with van der Waals surface area (Å²) in [5, 5.41) is 23.2. The van der Waals surface area contributed by atoms with Gasteiger partial charge in [0.2, 0.25) is 10.0 Å². The van der Waals surface area contributed by atoms with Crippen LogP contribution in [0.5, 0.6) is 11.5 Å². The van der Waals surface area contributed by atoms with Gasteiger partial charge in [-0.15, -0.1) is 0 Å². The van der Waals surface area contributed by atoms with Gasteiger partial charge in [-0.05, 0) is 24.3 Å². The minimum Gasteiger partial charge on any atom is -0.456 e. The summed E-state index contributed by atoms with van der Waals surface area (Å²) in [6.07, 6.45) is 0. The molecule has 0 bridgehead atoms. The normalized spacial score (nSPS) is 15.1. The number of ether oxygens (including phenoxy) is 1. The van der Waals surface area contributed by atoms with Gasteiger partial charge in [0.1, 0.15) is 16.4 Å². The first-order valence-corrected chi connectivity index (χ1v) is 9.53. The molecule has 3 rings (SSSR count). The third kappa shape index (κ3) is 4.06. The van der Waals surface area contributed by atoms with Crippen LogP contribution in [0.15, 0.2) is 47.4 Å². The second-order valence-corrected chi connectivity index (χ2v) is 7.69. The Morgan fingerprint density at radius 3 is 2.59 bits per heavy atom. The van der Waals surface area contributed by atoms with E-state index < -0.39 is 14.9 Å². The molecule has 0 atom stereocenters. The Balaban J connectivity index is 2.05. The first-order chi connectivity index (χ1) is 12.9. The molecule has 1 aliphatic heterocycles. The fourth-order valence-corrected chi connectivity index (χ4v) is 4.25. The number of benzene rings is 2. The standard InChI is InChI=1S/C17H16N4O5S/c18-12-13-2-1-3-15(10-13)26-16-5-4-14(21(22)23)11-17(16)27(24,25)20-8-6-19-7-9-20/h1-5,10-11,19H,6-9H2. The van der Waals surface area contributed by atoms with Crippen molar-refractivity contribution in [3.8, 4) is 17.6 Å². The molecule has 2 aromatic carbocycles. The molecule has 0 radical (unpaired) electrons. The van der Waals surface area contributed by atoms with Crippen LogP contribution in [-0.2, 0) is 10.0 Å². The Kier molecular flexibility index (Phi) is 5.36. The van der Waals surface area contributed by atoms with Crippen LogP contribution in [0.3, 0.4) is 0 Å². The van der Waals surface area contributed by atoms with Crippen molar-refractivity contribution in [3.63, 3.8) is 0 Å². The van der Waals surface area contributed by atoms with Gasteiger partial charge in [-0.3, -0.25) is 10.1 Å². The van der Waals surface area contributed by atoms with E-state index in [0.29, 0.717) is 18.7 Å². The minimum atomic E-state index is -3.99. The lowest BCUT2D eigenvalue weighted by Gasteiger charge is -2.27. The molecule has 0 spiro atoms. The van der Waals surface area contributed by atoms with Gasteiger partial charge in [0.25, 0.3) is 5.69 Å². The number of sulfonamides is 1. The van der Waals surface area contributed by atoms with E-state index in [1.54, 1.807) is 18.2 Å². The van der Waals surface area contributed by atoms with Crippen molar-refractivity contribution in [1.82, 2.24) is 9.62 Å². The zero-order chi connectivity index (χ0) is 19.4. The number of hydrogen-bond donors (Lipinski definition) is 1. The van der Waals surface area contributed by atoms with Gasteiger partial charge in [-0.1, -0.05) is 6.07 Å². The lowest BCUT2D eigenvalue weighted by Crippen LogP contribution is -2.46. The SMILES string of the molecule is N#Cc1cccc(Oc2ccc([N+](=O)[O-])cc2S(=O)(=O)N2CCNCC2)c1. The van der Waals surface area contributed by atoms with E-state index in [-0.39, 0.29) is 35.2 Å². The molecule has 1 heterocycles. The topological polar surface area (TPSA) is 126 Å². The van der Waals surface area contributed by atoms with E-state index in [9.17, 15) is 18.5 Å². The number of hydrogen-bond acceptors (Lipinski definition) is 7. The zero-order valence-electron chi connectivity index (χ0n) is 14.2. The predicted octanol–water partition coefficient (Wildman–Crippen LogP) is 1.85. The van der Waals surface area contributed by atoms with Gasteiger partial charge in [0.15, 0.2) is 0 Å². The number of non-ortho nitro benzene ring substituents is 1. The van der Waals surface area contributed by atoms with Crippen LogP contribution in [0, 0.1) is 21.4 Å². The van der Waals surface area contributed by atoms with Crippen LogP contribution in [0.1, 0.15) is 5.56 Å². The highest BCUT2D eigenvalue weighted by Gasteiger charge is 2.31. The monoisotopic (exact) mass is 388 g/mol. The highest BCUT2D eigenvalue weighted by molar-refractivity contribution is 7.89. The average Bonchev–Trinajstić information content (AvgIpc) is 2.69. The Morgan fingerprint density at radius 2 is 1.93 bits per heavy atom. The van der Waals surface area contributed by atoms with Gasteiger partial charge in [0, 0.05) is 38.3 Å². The predicted molar refractivity (Wildman–Crippen MR) is 96.0 cm³/mol. The molecule has 1 aliphatic rings. The van der Waals surface area contributed by atoms with E-state index in [4.69, 9.17) is 10.00 Å². The summed E-state index contributed by atoms with van der Waals surface area (Å²) in [4.78, 5) is 10.2. The summed E-state index contributed by atoms with van der Waals surface area (Å²) < 4.78 is 33.0. The van der Waals surface area contributed by atoms with Crippen molar-refractivity contribution in [2.45, 2.75) is 4.90 Å². The molecule has 0 unspecified atom stereocenters. The lowest BCUT2D eigenvalue weighted by molar-refractivity contribution is -0.385. The molecule has 1 N–H and O–H groups in total. The molecule has 0 aliphatic carbocycles. The van der Waals surface area contributed by atoms with Crippen molar-refractivity contribution < 1.29 is 18.1 Å². The Hall–Kier alpha value is -3.00.